The highest BCUT2D eigenvalue weighted by Crippen LogP contribution is 2.34. The number of Topliss-reactive ketones (excluding diaryl/α,β-unsaturated/α-hetero) is 1. The Labute approximate surface area is 126 Å². The van der Waals surface area contributed by atoms with Crippen molar-refractivity contribution in [1.29, 1.82) is 0 Å². The van der Waals surface area contributed by atoms with Crippen molar-refractivity contribution in [3.05, 3.63) is 60.2 Å². The third kappa shape index (κ3) is 2.64. The fourth-order valence-electron chi connectivity index (χ4n) is 3.15. The fourth-order valence-corrected chi connectivity index (χ4v) is 3.15. The van der Waals surface area contributed by atoms with E-state index < -0.39 is 0 Å². The second kappa shape index (κ2) is 5.82. The van der Waals surface area contributed by atoms with Crippen molar-refractivity contribution in [2.24, 2.45) is 5.41 Å². The van der Waals surface area contributed by atoms with Crippen molar-refractivity contribution in [3.8, 4) is 11.1 Å². The average molecular weight is 279 g/mol. The molecule has 0 aromatic heterocycles. The van der Waals surface area contributed by atoms with E-state index in [1.807, 2.05) is 42.5 Å². The molecule has 1 fully saturated rings. The van der Waals surface area contributed by atoms with E-state index in [2.05, 4.69) is 24.4 Å². The molecule has 2 aromatic rings. The van der Waals surface area contributed by atoms with Gasteiger partial charge in [-0.1, -0.05) is 61.5 Å². The van der Waals surface area contributed by atoms with E-state index in [9.17, 15) is 4.79 Å². The first-order valence-corrected chi connectivity index (χ1v) is 7.66. The van der Waals surface area contributed by atoms with Gasteiger partial charge in [0.1, 0.15) is 0 Å². The van der Waals surface area contributed by atoms with Gasteiger partial charge in [0.2, 0.25) is 0 Å². The summed E-state index contributed by atoms with van der Waals surface area (Å²) in [5, 5.41) is 3.33. The van der Waals surface area contributed by atoms with Crippen LogP contribution in [0.3, 0.4) is 0 Å². The summed E-state index contributed by atoms with van der Waals surface area (Å²) in [7, 11) is 0. The number of hydrogen-bond donors (Lipinski definition) is 1. The maximum absolute atomic E-state index is 12.8. The number of ketones is 1. The molecule has 21 heavy (non-hydrogen) atoms. The molecule has 2 heteroatoms. The lowest BCUT2D eigenvalue weighted by Gasteiger charge is -2.25. The standard InChI is InChI=1S/C19H21NO/c1-2-19(12-13-20-14-19)18(21)17-10-8-16(9-11-17)15-6-4-3-5-7-15/h3-11,20H,2,12-14H2,1H3. The molecule has 1 atom stereocenters. The highest BCUT2D eigenvalue weighted by Gasteiger charge is 2.39. The molecule has 1 heterocycles. The minimum Gasteiger partial charge on any atom is -0.316 e. The number of carbonyl (C=O) groups excluding carboxylic acids is 1. The van der Waals surface area contributed by atoms with Crippen molar-refractivity contribution in [3.63, 3.8) is 0 Å². The Morgan fingerprint density at radius 2 is 1.71 bits per heavy atom. The zero-order valence-electron chi connectivity index (χ0n) is 12.4. The van der Waals surface area contributed by atoms with Gasteiger partial charge in [0.15, 0.2) is 5.78 Å². The molecular weight excluding hydrogens is 258 g/mol. The van der Waals surface area contributed by atoms with Gasteiger partial charge in [-0.3, -0.25) is 4.79 Å². The molecule has 0 bridgehead atoms. The molecule has 2 nitrogen and oxygen atoms in total. The van der Waals surface area contributed by atoms with Crippen LogP contribution in [0.2, 0.25) is 0 Å². The van der Waals surface area contributed by atoms with Gasteiger partial charge >= 0.3 is 0 Å². The number of hydrogen-bond acceptors (Lipinski definition) is 2. The molecule has 1 aliphatic rings. The monoisotopic (exact) mass is 279 g/mol. The van der Waals surface area contributed by atoms with Crippen LogP contribution in [0.1, 0.15) is 30.1 Å². The maximum Gasteiger partial charge on any atom is 0.170 e. The van der Waals surface area contributed by atoms with Gasteiger partial charge in [-0.2, -0.15) is 0 Å². The second-order valence-electron chi connectivity index (χ2n) is 5.83. The molecule has 108 valence electrons. The number of carbonyl (C=O) groups is 1. The van der Waals surface area contributed by atoms with Gasteiger partial charge in [-0.05, 0) is 30.5 Å². The van der Waals surface area contributed by atoms with E-state index in [1.54, 1.807) is 0 Å². The summed E-state index contributed by atoms with van der Waals surface area (Å²) in [5.74, 6) is 0.287. The van der Waals surface area contributed by atoms with Crippen molar-refractivity contribution in [1.82, 2.24) is 5.32 Å². The Morgan fingerprint density at radius 3 is 2.29 bits per heavy atom. The molecule has 1 unspecified atom stereocenters. The number of nitrogens with one attached hydrogen (secondary N) is 1. The van der Waals surface area contributed by atoms with Crippen molar-refractivity contribution < 1.29 is 4.79 Å². The summed E-state index contributed by atoms with van der Waals surface area (Å²) in [5.41, 5.74) is 2.97. The zero-order valence-corrected chi connectivity index (χ0v) is 12.4. The van der Waals surface area contributed by atoms with E-state index >= 15 is 0 Å². The minimum absolute atomic E-state index is 0.200. The first kappa shape index (κ1) is 14.0. The van der Waals surface area contributed by atoms with E-state index in [1.165, 1.54) is 5.56 Å². The van der Waals surface area contributed by atoms with Gasteiger partial charge in [-0.15, -0.1) is 0 Å². The third-order valence-electron chi connectivity index (χ3n) is 4.66. The molecule has 0 saturated carbocycles. The lowest BCUT2D eigenvalue weighted by atomic mass is 9.77. The maximum atomic E-state index is 12.8. The minimum atomic E-state index is -0.200. The molecule has 0 amide bonds. The summed E-state index contributed by atoms with van der Waals surface area (Å²) < 4.78 is 0. The van der Waals surface area contributed by atoms with Crippen LogP contribution in [0, 0.1) is 5.41 Å². The van der Waals surface area contributed by atoms with E-state index in [-0.39, 0.29) is 11.2 Å². The van der Waals surface area contributed by atoms with Gasteiger partial charge in [0, 0.05) is 17.5 Å². The average Bonchev–Trinajstić information content (AvgIpc) is 3.05. The highest BCUT2D eigenvalue weighted by atomic mass is 16.1. The summed E-state index contributed by atoms with van der Waals surface area (Å²) >= 11 is 0. The smallest absolute Gasteiger partial charge is 0.170 e. The Kier molecular flexibility index (Phi) is 3.89. The van der Waals surface area contributed by atoms with E-state index in [4.69, 9.17) is 0 Å². The number of rotatable bonds is 4. The van der Waals surface area contributed by atoms with Crippen molar-refractivity contribution in [2.75, 3.05) is 13.1 Å². The Hall–Kier alpha value is -1.93. The van der Waals surface area contributed by atoms with Gasteiger partial charge in [0.05, 0.1) is 0 Å². The van der Waals surface area contributed by atoms with Gasteiger partial charge in [-0.25, -0.2) is 0 Å². The van der Waals surface area contributed by atoms with Crippen LogP contribution in [0.4, 0.5) is 0 Å². The van der Waals surface area contributed by atoms with Crippen molar-refractivity contribution in [2.45, 2.75) is 19.8 Å². The molecule has 0 radical (unpaired) electrons. The van der Waals surface area contributed by atoms with Crippen LogP contribution < -0.4 is 5.32 Å². The summed E-state index contributed by atoms with van der Waals surface area (Å²) in [4.78, 5) is 12.8. The largest absolute Gasteiger partial charge is 0.316 e. The van der Waals surface area contributed by atoms with Crippen LogP contribution in [-0.4, -0.2) is 18.9 Å². The summed E-state index contributed by atoms with van der Waals surface area (Å²) in [6.07, 6.45) is 1.85. The highest BCUT2D eigenvalue weighted by molar-refractivity contribution is 6.01. The predicted octanol–water partition coefficient (Wildman–Crippen LogP) is 3.93. The number of benzene rings is 2. The molecule has 1 N–H and O–H groups in total. The molecular formula is C19H21NO. The first-order chi connectivity index (χ1) is 10.2. The molecule has 1 saturated heterocycles. The van der Waals surface area contributed by atoms with E-state index in [0.29, 0.717) is 0 Å². The Bertz CT molecular complexity index is 610. The summed E-state index contributed by atoms with van der Waals surface area (Å²) in [6, 6.07) is 18.3. The molecule has 0 aliphatic carbocycles. The van der Waals surface area contributed by atoms with Crippen LogP contribution >= 0.6 is 0 Å². The fraction of sp³-hybridized carbons (Fsp3) is 0.316. The zero-order chi connectivity index (χ0) is 14.7. The SMILES string of the molecule is CCC1(C(=O)c2ccc(-c3ccccc3)cc2)CCNC1. The van der Waals surface area contributed by atoms with Gasteiger partial charge in [0.25, 0.3) is 0 Å². The Morgan fingerprint density at radius 1 is 1.05 bits per heavy atom. The van der Waals surface area contributed by atoms with Crippen LogP contribution in [0.5, 0.6) is 0 Å². The molecule has 0 spiro atoms. The van der Waals surface area contributed by atoms with E-state index in [0.717, 1.165) is 37.1 Å². The molecule has 2 aromatic carbocycles. The lowest BCUT2D eigenvalue weighted by molar-refractivity contribution is 0.0810. The second-order valence-corrected chi connectivity index (χ2v) is 5.83. The van der Waals surface area contributed by atoms with Crippen LogP contribution in [0.25, 0.3) is 11.1 Å². The quantitative estimate of drug-likeness (QED) is 0.859. The lowest BCUT2D eigenvalue weighted by Crippen LogP contribution is -2.32. The topological polar surface area (TPSA) is 29.1 Å². The Balaban J connectivity index is 1.86. The van der Waals surface area contributed by atoms with Crippen LogP contribution in [-0.2, 0) is 0 Å². The third-order valence-corrected chi connectivity index (χ3v) is 4.66. The predicted molar refractivity (Wildman–Crippen MR) is 86.4 cm³/mol. The normalized spacial score (nSPS) is 21.4. The van der Waals surface area contributed by atoms with Crippen molar-refractivity contribution >= 4 is 5.78 Å². The summed E-state index contributed by atoms with van der Waals surface area (Å²) in [6.45, 7) is 3.87. The molecule has 1 aliphatic heterocycles. The van der Waals surface area contributed by atoms with Gasteiger partial charge < -0.3 is 5.32 Å². The first-order valence-electron chi connectivity index (χ1n) is 7.66. The van der Waals surface area contributed by atoms with Crippen LogP contribution in [0.15, 0.2) is 54.6 Å². The molecule has 3 rings (SSSR count).